The van der Waals surface area contributed by atoms with Crippen molar-refractivity contribution in [2.75, 3.05) is 6.61 Å². The van der Waals surface area contributed by atoms with Crippen molar-refractivity contribution < 1.29 is 9.53 Å². The van der Waals surface area contributed by atoms with Crippen molar-refractivity contribution >= 4 is 5.97 Å². The molecule has 2 rings (SSSR count). The third kappa shape index (κ3) is 2.69. The van der Waals surface area contributed by atoms with E-state index in [0.717, 1.165) is 6.42 Å². The van der Waals surface area contributed by atoms with Gasteiger partial charge in [0.1, 0.15) is 0 Å². The molecule has 0 spiro atoms. The van der Waals surface area contributed by atoms with Crippen molar-refractivity contribution in [3.05, 3.63) is 42.4 Å². The smallest absolute Gasteiger partial charge is 0.341 e. The van der Waals surface area contributed by atoms with E-state index in [-0.39, 0.29) is 5.97 Å². The highest BCUT2D eigenvalue weighted by atomic mass is 16.5. The molecule has 0 radical (unpaired) electrons. The number of carbonyl (C=O) groups is 1. The molecule has 5 heteroatoms. The first kappa shape index (κ1) is 11.3. The summed E-state index contributed by atoms with van der Waals surface area (Å²) < 4.78 is 6.56. The van der Waals surface area contributed by atoms with Gasteiger partial charge in [-0.1, -0.05) is 13.0 Å². The Hall–Kier alpha value is -2.17. The first-order valence-corrected chi connectivity index (χ1v) is 5.44. The van der Waals surface area contributed by atoms with E-state index in [1.54, 1.807) is 17.1 Å². The second-order valence-electron chi connectivity index (χ2n) is 3.50. The summed E-state index contributed by atoms with van der Waals surface area (Å²) in [7, 11) is 0. The molecule has 17 heavy (non-hydrogen) atoms. The second-order valence-corrected chi connectivity index (χ2v) is 3.50. The van der Waals surface area contributed by atoms with E-state index in [2.05, 4.69) is 10.1 Å². The Morgan fingerprint density at radius 3 is 3.06 bits per heavy atom. The van der Waals surface area contributed by atoms with Crippen LogP contribution in [0.4, 0.5) is 0 Å². The highest BCUT2D eigenvalue weighted by Gasteiger charge is 2.10. The number of hydrogen-bond donors (Lipinski definition) is 0. The number of carbonyl (C=O) groups excluding carboxylic acids is 1. The van der Waals surface area contributed by atoms with Crippen LogP contribution in [0.3, 0.4) is 0 Å². The molecule has 2 aromatic heterocycles. The van der Waals surface area contributed by atoms with Crippen LogP contribution in [0.1, 0.15) is 23.7 Å². The van der Waals surface area contributed by atoms with E-state index < -0.39 is 0 Å². The number of pyridine rings is 1. The average molecular weight is 231 g/mol. The molecule has 0 unspecified atom stereocenters. The minimum Gasteiger partial charge on any atom is -0.462 e. The van der Waals surface area contributed by atoms with Gasteiger partial charge in [-0.05, 0) is 18.6 Å². The van der Waals surface area contributed by atoms with Gasteiger partial charge in [0, 0.05) is 12.4 Å². The molecule has 0 fully saturated rings. The Bertz CT molecular complexity index is 493. The van der Waals surface area contributed by atoms with Crippen molar-refractivity contribution in [1.29, 1.82) is 0 Å². The zero-order valence-electron chi connectivity index (χ0n) is 9.54. The third-order valence-corrected chi connectivity index (χ3v) is 2.14. The topological polar surface area (TPSA) is 57.0 Å². The summed E-state index contributed by atoms with van der Waals surface area (Å²) in [6.07, 6.45) is 5.57. The average Bonchev–Trinajstić information content (AvgIpc) is 2.86. The van der Waals surface area contributed by atoms with Crippen molar-refractivity contribution in [2.24, 2.45) is 0 Å². The van der Waals surface area contributed by atoms with E-state index >= 15 is 0 Å². The Morgan fingerprint density at radius 2 is 2.35 bits per heavy atom. The van der Waals surface area contributed by atoms with Crippen molar-refractivity contribution in [2.45, 2.75) is 13.3 Å². The van der Waals surface area contributed by atoms with Gasteiger partial charge in [0.25, 0.3) is 0 Å². The Morgan fingerprint density at radius 1 is 1.47 bits per heavy atom. The van der Waals surface area contributed by atoms with Crippen molar-refractivity contribution in [3.63, 3.8) is 0 Å². The summed E-state index contributed by atoms with van der Waals surface area (Å²) in [4.78, 5) is 15.7. The maximum atomic E-state index is 11.6. The van der Waals surface area contributed by atoms with Gasteiger partial charge in [0.2, 0.25) is 0 Å². The highest BCUT2D eigenvalue weighted by Crippen LogP contribution is 2.06. The van der Waals surface area contributed by atoms with Crippen molar-refractivity contribution in [3.8, 4) is 5.82 Å². The van der Waals surface area contributed by atoms with Crippen LogP contribution in [0, 0.1) is 0 Å². The predicted molar refractivity (Wildman–Crippen MR) is 61.9 cm³/mol. The van der Waals surface area contributed by atoms with E-state index in [4.69, 9.17) is 4.74 Å². The number of rotatable bonds is 4. The zero-order valence-corrected chi connectivity index (χ0v) is 9.54. The largest absolute Gasteiger partial charge is 0.462 e. The number of esters is 1. The molecule has 0 amide bonds. The van der Waals surface area contributed by atoms with Gasteiger partial charge in [-0.25, -0.2) is 14.5 Å². The summed E-state index contributed by atoms with van der Waals surface area (Å²) in [5.41, 5.74) is 0.434. The molecule has 0 aromatic carbocycles. The lowest BCUT2D eigenvalue weighted by molar-refractivity contribution is 0.0505. The maximum Gasteiger partial charge on any atom is 0.341 e. The Balaban J connectivity index is 2.14. The van der Waals surface area contributed by atoms with Gasteiger partial charge in [0.05, 0.1) is 18.4 Å². The summed E-state index contributed by atoms with van der Waals surface area (Å²) >= 11 is 0. The fraction of sp³-hybridized carbons (Fsp3) is 0.250. The monoisotopic (exact) mass is 231 g/mol. The minimum atomic E-state index is -0.353. The molecular formula is C12H13N3O2. The Labute approximate surface area is 99.1 Å². The number of ether oxygens (including phenoxy) is 1. The lowest BCUT2D eigenvalue weighted by atomic mass is 10.4. The molecule has 0 bridgehead atoms. The molecule has 0 aliphatic heterocycles. The first-order chi connectivity index (χ1) is 8.31. The number of hydrogen-bond acceptors (Lipinski definition) is 4. The molecule has 2 heterocycles. The summed E-state index contributed by atoms with van der Waals surface area (Å²) in [6, 6.07) is 5.50. The van der Waals surface area contributed by atoms with E-state index in [1.807, 2.05) is 25.1 Å². The standard InChI is InChI=1S/C12H13N3O2/c1-2-7-17-12(16)10-8-14-15(9-10)11-5-3-4-6-13-11/h3-6,8-9H,2,7H2,1H3. The van der Waals surface area contributed by atoms with Gasteiger partial charge in [0.15, 0.2) is 5.82 Å². The molecule has 0 aliphatic rings. The zero-order chi connectivity index (χ0) is 12.1. The Kier molecular flexibility index (Phi) is 3.49. The van der Waals surface area contributed by atoms with E-state index in [9.17, 15) is 4.79 Å². The molecule has 5 nitrogen and oxygen atoms in total. The lowest BCUT2D eigenvalue weighted by Gasteiger charge is -1.99. The quantitative estimate of drug-likeness (QED) is 0.753. The number of aromatic nitrogens is 3. The maximum absolute atomic E-state index is 11.6. The fourth-order valence-corrected chi connectivity index (χ4v) is 1.32. The second kappa shape index (κ2) is 5.25. The predicted octanol–water partition coefficient (Wildman–Crippen LogP) is 1.83. The molecule has 0 atom stereocenters. The summed E-state index contributed by atoms with van der Waals surface area (Å²) in [5.74, 6) is 0.316. The van der Waals surface area contributed by atoms with Crippen LogP contribution in [-0.2, 0) is 4.74 Å². The van der Waals surface area contributed by atoms with Gasteiger partial charge >= 0.3 is 5.97 Å². The SMILES string of the molecule is CCCOC(=O)c1cnn(-c2ccccn2)c1. The molecule has 0 saturated heterocycles. The summed E-state index contributed by atoms with van der Waals surface area (Å²) in [5, 5.41) is 4.07. The fourth-order valence-electron chi connectivity index (χ4n) is 1.32. The van der Waals surface area contributed by atoms with E-state index in [1.165, 1.54) is 6.20 Å². The van der Waals surface area contributed by atoms with Crippen LogP contribution in [-0.4, -0.2) is 27.3 Å². The van der Waals surface area contributed by atoms with Crippen LogP contribution in [0.5, 0.6) is 0 Å². The molecule has 0 N–H and O–H groups in total. The summed E-state index contributed by atoms with van der Waals surface area (Å²) in [6.45, 7) is 2.37. The lowest BCUT2D eigenvalue weighted by Crippen LogP contribution is -2.04. The number of nitrogens with zero attached hydrogens (tertiary/aromatic N) is 3. The molecular weight excluding hydrogens is 218 g/mol. The minimum absolute atomic E-state index is 0.353. The third-order valence-electron chi connectivity index (χ3n) is 2.14. The van der Waals surface area contributed by atoms with Gasteiger partial charge in [-0.2, -0.15) is 5.10 Å². The molecule has 88 valence electrons. The van der Waals surface area contributed by atoms with Crippen LogP contribution in [0.25, 0.3) is 5.82 Å². The van der Waals surface area contributed by atoms with Crippen LogP contribution in [0.2, 0.25) is 0 Å². The van der Waals surface area contributed by atoms with Gasteiger partial charge in [-0.3, -0.25) is 0 Å². The van der Waals surface area contributed by atoms with Crippen LogP contribution < -0.4 is 0 Å². The highest BCUT2D eigenvalue weighted by molar-refractivity contribution is 5.88. The van der Waals surface area contributed by atoms with Gasteiger partial charge in [-0.15, -0.1) is 0 Å². The van der Waals surface area contributed by atoms with E-state index in [0.29, 0.717) is 18.0 Å². The van der Waals surface area contributed by atoms with Gasteiger partial charge < -0.3 is 4.74 Å². The first-order valence-electron chi connectivity index (χ1n) is 5.44. The molecule has 2 aromatic rings. The van der Waals surface area contributed by atoms with Crippen molar-refractivity contribution in [1.82, 2.24) is 14.8 Å². The van der Waals surface area contributed by atoms with Crippen LogP contribution >= 0.6 is 0 Å². The van der Waals surface area contributed by atoms with Crippen LogP contribution in [0.15, 0.2) is 36.8 Å². The normalized spacial score (nSPS) is 10.2. The molecule has 0 saturated carbocycles. The molecule has 0 aliphatic carbocycles.